The lowest BCUT2D eigenvalue weighted by molar-refractivity contribution is -0.113. The summed E-state index contributed by atoms with van der Waals surface area (Å²) >= 11 is 1.46. The molecule has 2 aliphatic rings. The summed E-state index contributed by atoms with van der Waals surface area (Å²) in [6, 6.07) is 5.27. The van der Waals surface area contributed by atoms with Crippen LogP contribution in [0.25, 0.3) is 0 Å². The van der Waals surface area contributed by atoms with Crippen LogP contribution in [0.2, 0.25) is 0 Å². The number of rotatable bonds is 3. The number of nitrogens with one attached hydrogen (secondary N) is 2. The summed E-state index contributed by atoms with van der Waals surface area (Å²) in [6.07, 6.45) is 1.62. The zero-order valence-corrected chi connectivity index (χ0v) is 11.0. The van der Waals surface area contributed by atoms with Gasteiger partial charge in [-0.15, -0.1) is 11.8 Å². The monoisotopic (exact) mass is 278 g/mol. The molecule has 0 unspecified atom stereocenters. The van der Waals surface area contributed by atoms with Crippen molar-refractivity contribution in [3.8, 4) is 0 Å². The third kappa shape index (κ3) is 2.46. The number of carbonyl (C=O) groups is 2. The van der Waals surface area contributed by atoms with Gasteiger partial charge in [-0.2, -0.15) is 0 Å². The van der Waals surface area contributed by atoms with Crippen molar-refractivity contribution >= 4 is 29.3 Å². The van der Waals surface area contributed by atoms with E-state index in [0.717, 1.165) is 17.7 Å². The van der Waals surface area contributed by atoms with E-state index in [1.54, 1.807) is 12.1 Å². The number of hydrogen-bond donors (Lipinski definition) is 3. The molecule has 0 spiro atoms. The van der Waals surface area contributed by atoms with Gasteiger partial charge in [-0.25, -0.2) is 0 Å². The Bertz CT molecular complexity index is 555. The van der Waals surface area contributed by atoms with Crippen molar-refractivity contribution in [3.05, 3.63) is 23.8 Å². The van der Waals surface area contributed by atoms with Crippen LogP contribution in [0.15, 0.2) is 23.1 Å². The van der Waals surface area contributed by atoms with Gasteiger partial charge in [0.1, 0.15) is 0 Å². The van der Waals surface area contributed by atoms with E-state index in [2.05, 4.69) is 10.6 Å². The third-order valence-corrected chi connectivity index (χ3v) is 4.48. The molecule has 1 aromatic rings. The molecule has 0 aromatic heterocycles. The van der Waals surface area contributed by atoms with Crippen LogP contribution in [0.3, 0.4) is 0 Å². The van der Waals surface area contributed by atoms with Crippen molar-refractivity contribution in [2.45, 2.75) is 23.3 Å². The first kappa shape index (κ1) is 12.5. The topological polar surface area (TPSA) is 78.4 Å². The Kier molecular flexibility index (Phi) is 2.99. The third-order valence-electron chi connectivity index (χ3n) is 3.41. The first-order valence-electron chi connectivity index (χ1n) is 6.12. The second kappa shape index (κ2) is 4.54. The fraction of sp³-hybridized carbons (Fsp3) is 0.385. The SMILES string of the molecule is O=C1CSc2ccc(C(=O)NC3(CO)CC3)cc2N1. The zero-order valence-electron chi connectivity index (χ0n) is 10.2. The van der Waals surface area contributed by atoms with Gasteiger partial charge in [-0.1, -0.05) is 0 Å². The van der Waals surface area contributed by atoms with Crippen LogP contribution >= 0.6 is 11.8 Å². The predicted molar refractivity (Wildman–Crippen MR) is 72.3 cm³/mol. The number of thioether (sulfide) groups is 1. The van der Waals surface area contributed by atoms with E-state index in [1.165, 1.54) is 11.8 Å². The smallest absolute Gasteiger partial charge is 0.251 e. The summed E-state index contributed by atoms with van der Waals surface area (Å²) in [5.74, 6) is 0.148. The molecule has 3 rings (SSSR count). The highest BCUT2D eigenvalue weighted by molar-refractivity contribution is 8.00. The van der Waals surface area contributed by atoms with Crippen LogP contribution in [0, 0.1) is 0 Å². The highest BCUT2D eigenvalue weighted by Crippen LogP contribution is 2.36. The first-order valence-corrected chi connectivity index (χ1v) is 7.11. The lowest BCUT2D eigenvalue weighted by Crippen LogP contribution is -2.39. The van der Waals surface area contributed by atoms with Gasteiger partial charge in [0.2, 0.25) is 5.91 Å². The fourth-order valence-corrected chi connectivity index (χ4v) is 2.80. The van der Waals surface area contributed by atoms with Crippen LogP contribution in [-0.2, 0) is 4.79 Å². The quantitative estimate of drug-likeness (QED) is 0.770. The number of aliphatic hydroxyl groups is 1. The zero-order chi connectivity index (χ0) is 13.5. The van der Waals surface area contributed by atoms with E-state index >= 15 is 0 Å². The van der Waals surface area contributed by atoms with Crippen LogP contribution < -0.4 is 10.6 Å². The van der Waals surface area contributed by atoms with Gasteiger partial charge in [0.15, 0.2) is 0 Å². The van der Waals surface area contributed by atoms with Crippen LogP contribution in [0.1, 0.15) is 23.2 Å². The van der Waals surface area contributed by atoms with E-state index in [1.807, 2.05) is 6.07 Å². The Morgan fingerprint density at radius 3 is 2.95 bits per heavy atom. The van der Waals surface area contributed by atoms with Gasteiger partial charge < -0.3 is 15.7 Å². The van der Waals surface area contributed by atoms with Crippen molar-refractivity contribution in [2.24, 2.45) is 0 Å². The van der Waals surface area contributed by atoms with Gasteiger partial charge in [-0.3, -0.25) is 9.59 Å². The summed E-state index contributed by atoms with van der Waals surface area (Å²) in [5, 5.41) is 14.8. The van der Waals surface area contributed by atoms with Crippen LogP contribution in [0.4, 0.5) is 5.69 Å². The van der Waals surface area contributed by atoms with Gasteiger partial charge in [-0.05, 0) is 31.0 Å². The maximum absolute atomic E-state index is 12.1. The Morgan fingerprint density at radius 2 is 2.26 bits per heavy atom. The number of aliphatic hydroxyl groups excluding tert-OH is 1. The van der Waals surface area contributed by atoms with Crippen molar-refractivity contribution in [2.75, 3.05) is 17.7 Å². The Labute approximate surface area is 114 Å². The number of hydrogen-bond acceptors (Lipinski definition) is 4. The molecule has 3 N–H and O–H groups in total. The minimum Gasteiger partial charge on any atom is -0.394 e. The summed E-state index contributed by atoms with van der Waals surface area (Å²) < 4.78 is 0. The second-order valence-electron chi connectivity index (χ2n) is 4.94. The largest absolute Gasteiger partial charge is 0.394 e. The molecule has 19 heavy (non-hydrogen) atoms. The minimum absolute atomic E-state index is 0.0315. The Morgan fingerprint density at radius 1 is 1.47 bits per heavy atom. The first-order chi connectivity index (χ1) is 9.12. The van der Waals surface area contributed by atoms with Crippen molar-refractivity contribution in [1.29, 1.82) is 0 Å². The van der Waals surface area contributed by atoms with Crippen molar-refractivity contribution < 1.29 is 14.7 Å². The number of fused-ring (bicyclic) bond motifs is 1. The lowest BCUT2D eigenvalue weighted by atomic mass is 10.1. The molecule has 1 fully saturated rings. The normalized spacial score (nSPS) is 19.3. The highest BCUT2D eigenvalue weighted by atomic mass is 32.2. The number of anilines is 1. The van der Waals surface area contributed by atoms with E-state index in [-0.39, 0.29) is 18.4 Å². The Hall–Kier alpha value is -1.53. The molecule has 2 amide bonds. The van der Waals surface area contributed by atoms with E-state index < -0.39 is 5.54 Å². The van der Waals surface area contributed by atoms with Gasteiger partial charge in [0.05, 0.1) is 23.6 Å². The minimum atomic E-state index is -0.426. The van der Waals surface area contributed by atoms with E-state index in [9.17, 15) is 14.7 Å². The highest BCUT2D eigenvalue weighted by Gasteiger charge is 2.43. The molecular weight excluding hydrogens is 264 g/mol. The molecule has 5 nitrogen and oxygen atoms in total. The molecule has 6 heteroatoms. The summed E-state index contributed by atoms with van der Waals surface area (Å²) in [5.41, 5.74) is 0.759. The molecule has 1 aliphatic heterocycles. The Balaban J connectivity index is 1.80. The molecule has 0 bridgehead atoms. The summed E-state index contributed by atoms with van der Waals surface area (Å²) in [6.45, 7) is -0.0315. The molecule has 100 valence electrons. The average molecular weight is 278 g/mol. The van der Waals surface area contributed by atoms with Crippen LogP contribution in [0.5, 0.6) is 0 Å². The molecule has 0 radical (unpaired) electrons. The summed E-state index contributed by atoms with van der Waals surface area (Å²) in [4.78, 5) is 24.4. The molecule has 1 aromatic carbocycles. The average Bonchev–Trinajstić information content (AvgIpc) is 3.18. The maximum Gasteiger partial charge on any atom is 0.251 e. The van der Waals surface area contributed by atoms with E-state index in [4.69, 9.17) is 0 Å². The standard InChI is InChI=1S/C13H14N2O3S/c16-7-13(3-4-13)15-12(18)8-1-2-10-9(5-8)14-11(17)6-19-10/h1-2,5,16H,3-4,6-7H2,(H,14,17)(H,15,18). The number of amides is 2. The lowest BCUT2D eigenvalue weighted by Gasteiger charge is -2.18. The molecule has 1 heterocycles. The van der Waals surface area contributed by atoms with Crippen LogP contribution in [-0.4, -0.2) is 34.8 Å². The summed E-state index contributed by atoms with van der Waals surface area (Å²) in [7, 11) is 0. The van der Waals surface area contributed by atoms with Crippen molar-refractivity contribution in [3.63, 3.8) is 0 Å². The number of carbonyl (C=O) groups excluding carboxylic acids is 2. The van der Waals surface area contributed by atoms with Gasteiger partial charge in [0.25, 0.3) is 5.91 Å². The molecule has 1 saturated carbocycles. The van der Waals surface area contributed by atoms with Crippen molar-refractivity contribution in [1.82, 2.24) is 5.32 Å². The molecule has 0 atom stereocenters. The van der Waals surface area contributed by atoms with Gasteiger partial charge >= 0.3 is 0 Å². The molecular formula is C13H14N2O3S. The maximum atomic E-state index is 12.1. The van der Waals surface area contributed by atoms with Gasteiger partial charge in [0, 0.05) is 10.5 Å². The number of benzene rings is 1. The second-order valence-corrected chi connectivity index (χ2v) is 5.96. The molecule has 0 saturated heterocycles. The van der Waals surface area contributed by atoms with E-state index in [0.29, 0.717) is 17.0 Å². The molecule has 1 aliphatic carbocycles. The predicted octanol–water partition coefficient (Wildman–Crippen LogP) is 0.986. The fourth-order valence-electron chi connectivity index (χ4n) is 2.01.